The Kier molecular flexibility index (Phi) is 7.60. The molecule has 0 bridgehead atoms. The number of rotatable bonds is 8. The van der Waals surface area contributed by atoms with Gasteiger partial charge in [0.1, 0.15) is 0 Å². The lowest BCUT2D eigenvalue weighted by atomic mass is 10.1. The van der Waals surface area contributed by atoms with Crippen molar-refractivity contribution in [3.05, 3.63) is 58.6 Å². The van der Waals surface area contributed by atoms with E-state index in [0.29, 0.717) is 29.6 Å². The van der Waals surface area contributed by atoms with Gasteiger partial charge in [0, 0.05) is 25.2 Å². The lowest BCUT2D eigenvalue weighted by Gasteiger charge is -2.18. The molecule has 2 aromatic rings. The number of carbonyl (C=O) groups is 1. The van der Waals surface area contributed by atoms with Gasteiger partial charge in [-0.15, -0.1) is 0 Å². The molecular formula is C20H25ClN2O3. The highest BCUT2D eigenvalue weighted by Crippen LogP contribution is 2.27. The molecule has 0 aliphatic carbocycles. The van der Waals surface area contributed by atoms with Gasteiger partial charge in [-0.2, -0.15) is 0 Å². The molecule has 0 saturated carbocycles. The Bertz CT molecular complexity index is 737. The number of nitrogens with zero attached hydrogens (tertiary/aromatic N) is 1. The third kappa shape index (κ3) is 5.56. The molecule has 0 aliphatic rings. The fourth-order valence-electron chi connectivity index (χ4n) is 2.61. The molecule has 0 fully saturated rings. The molecule has 5 nitrogen and oxygen atoms in total. The Morgan fingerprint density at radius 1 is 1.12 bits per heavy atom. The Labute approximate surface area is 159 Å². The van der Waals surface area contributed by atoms with E-state index in [1.54, 1.807) is 26.2 Å². The highest BCUT2D eigenvalue weighted by atomic mass is 35.5. The zero-order chi connectivity index (χ0) is 18.9. The van der Waals surface area contributed by atoms with E-state index in [9.17, 15) is 4.79 Å². The van der Waals surface area contributed by atoms with Crippen molar-refractivity contribution in [1.82, 2.24) is 10.2 Å². The van der Waals surface area contributed by atoms with Crippen LogP contribution in [0.4, 0.5) is 4.79 Å². The molecule has 1 N–H and O–H groups in total. The Morgan fingerprint density at radius 3 is 2.54 bits per heavy atom. The van der Waals surface area contributed by atoms with Crippen LogP contribution in [0.25, 0.3) is 0 Å². The summed E-state index contributed by atoms with van der Waals surface area (Å²) in [6.07, 6.45) is 1.68. The molecule has 0 heterocycles. The van der Waals surface area contributed by atoms with Gasteiger partial charge in [-0.25, -0.2) is 4.79 Å². The average molecular weight is 377 g/mol. The molecule has 0 atom stereocenters. The van der Waals surface area contributed by atoms with Crippen molar-refractivity contribution in [3.8, 4) is 11.5 Å². The first kappa shape index (κ1) is 19.9. The number of amides is 2. The summed E-state index contributed by atoms with van der Waals surface area (Å²) in [5, 5.41) is 3.60. The normalized spacial score (nSPS) is 10.3. The number of carbonyl (C=O) groups excluding carboxylic acids is 1. The van der Waals surface area contributed by atoms with E-state index < -0.39 is 0 Å². The predicted molar refractivity (Wildman–Crippen MR) is 104 cm³/mol. The van der Waals surface area contributed by atoms with E-state index in [-0.39, 0.29) is 6.03 Å². The Balaban J connectivity index is 1.77. The number of urea groups is 1. The summed E-state index contributed by atoms with van der Waals surface area (Å²) in [7, 11) is 5.00. The third-order valence-electron chi connectivity index (χ3n) is 4.08. The molecular weight excluding hydrogens is 352 g/mol. The summed E-state index contributed by atoms with van der Waals surface area (Å²) in [6.45, 7) is 1.07. The summed E-state index contributed by atoms with van der Waals surface area (Å²) in [5.41, 5.74) is 2.07. The van der Waals surface area contributed by atoms with E-state index >= 15 is 0 Å². The van der Waals surface area contributed by atoms with Gasteiger partial charge >= 0.3 is 6.03 Å². The van der Waals surface area contributed by atoms with Gasteiger partial charge in [0.05, 0.1) is 14.2 Å². The van der Waals surface area contributed by atoms with Gasteiger partial charge in [0.25, 0.3) is 0 Å². The van der Waals surface area contributed by atoms with Crippen molar-refractivity contribution in [2.45, 2.75) is 19.4 Å². The van der Waals surface area contributed by atoms with Crippen molar-refractivity contribution in [2.24, 2.45) is 0 Å². The van der Waals surface area contributed by atoms with Crippen LogP contribution in [-0.2, 0) is 13.0 Å². The smallest absolute Gasteiger partial charge is 0.317 e. The van der Waals surface area contributed by atoms with E-state index in [2.05, 4.69) is 5.32 Å². The van der Waals surface area contributed by atoms with Crippen LogP contribution in [0.2, 0.25) is 5.02 Å². The van der Waals surface area contributed by atoms with Gasteiger partial charge in [0.2, 0.25) is 0 Å². The lowest BCUT2D eigenvalue weighted by molar-refractivity contribution is 0.207. The second-order valence-corrected chi connectivity index (χ2v) is 6.38. The molecule has 26 heavy (non-hydrogen) atoms. The van der Waals surface area contributed by atoms with E-state index in [1.165, 1.54) is 0 Å². The minimum absolute atomic E-state index is 0.114. The molecule has 0 spiro atoms. The quantitative estimate of drug-likeness (QED) is 0.705. The fourth-order valence-corrected chi connectivity index (χ4v) is 2.81. The number of methoxy groups -OCH3 is 2. The van der Waals surface area contributed by atoms with Crippen LogP contribution in [0.1, 0.15) is 17.5 Å². The highest BCUT2D eigenvalue weighted by Gasteiger charge is 2.10. The van der Waals surface area contributed by atoms with Crippen LogP contribution in [0, 0.1) is 0 Å². The molecule has 2 amide bonds. The maximum atomic E-state index is 12.2. The SMILES string of the molecule is COc1ccc(CCCNC(=O)N(C)Cc2ccccc2Cl)cc1OC. The zero-order valence-corrected chi connectivity index (χ0v) is 16.2. The summed E-state index contributed by atoms with van der Waals surface area (Å²) < 4.78 is 10.5. The molecule has 0 radical (unpaired) electrons. The molecule has 2 rings (SSSR count). The second kappa shape index (κ2) is 9.92. The van der Waals surface area contributed by atoms with Gasteiger partial charge in [-0.1, -0.05) is 35.9 Å². The maximum absolute atomic E-state index is 12.2. The first-order valence-corrected chi connectivity index (χ1v) is 8.86. The van der Waals surface area contributed by atoms with E-state index in [0.717, 1.165) is 24.0 Å². The number of aryl methyl sites for hydroxylation is 1. The summed E-state index contributed by atoms with van der Waals surface area (Å²) >= 11 is 6.14. The Hall–Kier alpha value is -2.40. The van der Waals surface area contributed by atoms with Gasteiger partial charge in [-0.3, -0.25) is 0 Å². The topological polar surface area (TPSA) is 50.8 Å². The van der Waals surface area contributed by atoms with Crippen LogP contribution < -0.4 is 14.8 Å². The summed E-state index contributed by atoms with van der Waals surface area (Å²) in [5.74, 6) is 1.43. The molecule has 2 aromatic carbocycles. The van der Waals surface area contributed by atoms with E-state index in [4.69, 9.17) is 21.1 Å². The molecule has 0 aliphatic heterocycles. The fraction of sp³-hybridized carbons (Fsp3) is 0.350. The van der Waals surface area contributed by atoms with Crippen LogP contribution >= 0.6 is 11.6 Å². The first-order valence-electron chi connectivity index (χ1n) is 8.48. The van der Waals surface area contributed by atoms with Crippen molar-refractivity contribution in [1.29, 1.82) is 0 Å². The molecule has 0 unspecified atom stereocenters. The van der Waals surface area contributed by atoms with Gasteiger partial charge < -0.3 is 19.7 Å². The average Bonchev–Trinajstić information content (AvgIpc) is 2.66. The third-order valence-corrected chi connectivity index (χ3v) is 4.45. The molecule has 140 valence electrons. The maximum Gasteiger partial charge on any atom is 0.317 e. The van der Waals surface area contributed by atoms with Crippen molar-refractivity contribution in [2.75, 3.05) is 27.8 Å². The first-order chi connectivity index (χ1) is 12.5. The van der Waals surface area contributed by atoms with E-state index in [1.807, 2.05) is 42.5 Å². The monoisotopic (exact) mass is 376 g/mol. The largest absolute Gasteiger partial charge is 0.493 e. The van der Waals surface area contributed by atoms with Crippen LogP contribution in [0.15, 0.2) is 42.5 Å². The van der Waals surface area contributed by atoms with Gasteiger partial charge in [-0.05, 0) is 42.2 Å². The van der Waals surface area contributed by atoms with Crippen LogP contribution in [0.3, 0.4) is 0 Å². The number of hydrogen-bond donors (Lipinski definition) is 1. The Morgan fingerprint density at radius 2 is 1.85 bits per heavy atom. The molecule has 6 heteroatoms. The highest BCUT2D eigenvalue weighted by molar-refractivity contribution is 6.31. The minimum atomic E-state index is -0.114. The second-order valence-electron chi connectivity index (χ2n) is 5.97. The standard InChI is InChI=1S/C20H25ClN2O3/c1-23(14-16-8-4-5-9-17(16)21)20(24)22-12-6-7-15-10-11-18(25-2)19(13-15)26-3/h4-5,8-11,13H,6-7,12,14H2,1-3H3,(H,22,24). The number of hydrogen-bond acceptors (Lipinski definition) is 3. The molecule has 0 aromatic heterocycles. The lowest BCUT2D eigenvalue weighted by Crippen LogP contribution is -2.37. The number of benzene rings is 2. The summed E-state index contributed by atoms with van der Waals surface area (Å²) in [4.78, 5) is 13.8. The van der Waals surface area contributed by atoms with Crippen molar-refractivity contribution < 1.29 is 14.3 Å². The van der Waals surface area contributed by atoms with Gasteiger partial charge in [0.15, 0.2) is 11.5 Å². The van der Waals surface area contributed by atoms with Crippen molar-refractivity contribution in [3.63, 3.8) is 0 Å². The minimum Gasteiger partial charge on any atom is -0.493 e. The predicted octanol–water partition coefficient (Wildman–Crippen LogP) is 4.13. The van der Waals surface area contributed by atoms with Crippen LogP contribution in [-0.4, -0.2) is 38.7 Å². The number of halogens is 1. The summed E-state index contributed by atoms with van der Waals surface area (Å²) in [6, 6.07) is 13.3. The number of ether oxygens (including phenoxy) is 2. The number of nitrogens with one attached hydrogen (secondary N) is 1. The molecule has 0 saturated heterocycles. The van der Waals surface area contributed by atoms with Crippen molar-refractivity contribution >= 4 is 17.6 Å². The van der Waals surface area contributed by atoms with Crippen LogP contribution in [0.5, 0.6) is 11.5 Å². The zero-order valence-electron chi connectivity index (χ0n) is 15.4.